The third kappa shape index (κ3) is 4.91. The fourth-order valence-electron chi connectivity index (χ4n) is 6.39. The van der Waals surface area contributed by atoms with Gasteiger partial charge in [0.2, 0.25) is 0 Å². The second kappa shape index (κ2) is 11.0. The topological polar surface area (TPSA) is 63.6 Å². The Kier molecular flexibility index (Phi) is 9.95. The lowest BCUT2D eigenvalue weighted by atomic mass is 9.45. The molecular formula is C26H46O4. The summed E-state index contributed by atoms with van der Waals surface area (Å²) >= 11 is 0. The van der Waals surface area contributed by atoms with Crippen molar-refractivity contribution in [2.24, 2.45) is 28.6 Å². The fraction of sp³-hybridized carbons (Fsp3) is 0.846. The van der Waals surface area contributed by atoms with Gasteiger partial charge in [-0.15, -0.1) is 0 Å². The number of Topliss-reactive ketones (excluding diaryl/α,β-unsaturated/α-hetero) is 1. The van der Waals surface area contributed by atoms with E-state index in [2.05, 4.69) is 20.8 Å². The zero-order valence-electron chi connectivity index (χ0n) is 20.9. The number of ketones is 2. The molecule has 0 saturated heterocycles. The van der Waals surface area contributed by atoms with Crippen LogP contribution in [0.5, 0.6) is 0 Å². The van der Waals surface area contributed by atoms with E-state index in [9.17, 15) is 14.7 Å². The normalized spacial score (nSPS) is 38.5. The molecule has 174 valence electrons. The molecular weight excluding hydrogens is 376 g/mol. The summed E-state index contributed by atoms with van der Waals surface area (Å²) in [4.78, 5) is 24.6. The lowest BCUT2D eigenvalue weighted by molar-refractivity contribution is -0.194. The Morgan fingerprint density at radius 2 is 1.83 bits per heavy atom. The Morgan fingerprint density at radius 3 is 2.33 bits per heavy atom. The molecule has 1 N–H and O–H groups in total. The molecule has 7 unspecified atom stereocenters. The lowest BCUT2D eigenvalue weighted by Crippen LogP contribution is -2.57. The first-order chi connectivity index (χ1) is 14.1. The number of ether oxygens (including phenoxy) is 1. The van der Waals surface area contributed by atoms with Crippen LogP contribution in [0, 0.1) is 28.6 Å². The van der Waals surface area contributed by atoms with Gasteiger partial charge in [0.15, 0.2) is 12.1 Å². The van der Waals surface area contributed by atoms with Gasteiger partial charge < -0.3 is 9.84 Å². The van der Waals surface area contributed by atoms with Crippen molar-refractivity contribution >= 4 is 11.6 Å². The van der Waals surface area contributed by atoms with Crippen LogP contribution in [0.15, 0.2) is 11.6 Å². The zero-order valence-corrected chi connectivity index (χ0v) is 20.9. The maximum Gasteiger partial charge on any atom is 0.155 e. The molecule has 0 heterocycles. The summed E-state index contributed by atoms with van der Waals surface area (Å²) in [7, 11) is 0. The zero-order chi connectivity index (χ0) is 23.3. The van der Waals surface area contributed by atoms with E-state index in [1.54, 1.807) is 13.8 Å². The standard InChI is InChI=1S/C22H34O4.2C2H6/c1-6-17-20-18(8-10-21(17,4)13(2)23)22(5)9-7-16(25)11-15(22)12-19(20)26-14(3)24;2*1-2/h11,14,17-20,24H,6-10,12H2,1-5H3;2*1-2H3. The minimum Gasteiger partial charge on any atom is -0.368 e. The van der Waals surface area contributed by atoms with Crippen molar-refractivity contribution in [1.29, 1.82) is 0 Å². The summed E-state index contributed by atoms with van der Waals surface area (Å²) in [6.07, 6.45) is 5.90. The lowest BCUT2D eigenvalue weighted by Gasteiger charge is -2.60. The molecule has 4 nitrogen and oxygen atoms in total. The number of hydrogen-bond donors (Lipinski definition) is 1. The summed E-state index contributed by atoms with van der Waals surface area (Å²) in [6.45, 7) is 18.0. The molecule has 0 radical (unpaired) electrons. The quantitative estimate of drug-likeness (QED) is 0.555. The minimum atomic E-state index is -0.840. The highest BCUT2D eigenvalue weighted by atomic mass is 16.6. The molecule has 0 amide bonds. The molecule has 2 fully saturated rings. The minimum absolute atomic E-state index is 0.0165. The van der Waals surface area contributed by atoms with E-state index in [0.29, 0.717) is 18.8 Å². The van der Waals surface area contributed by atoms with Gasteiger partial charge in [-0.25, -0.2) is 0 Å². The number of aliphatic hydroxyl groups excluding tert-OH is 1. The van der Waals surface area contributed by atoms with Crippen LogP contribution in [0.1, 0.15) is 101 Å². The van der Waals surface area contributed by atoms with Crippen LogP contribution in [0.3, 0.4) is 0 Å². The predicted molar refractivity (Wildman–Crippen MR) is 123 cm³/mol. The van der Waals surface area contributed by atoms with E-state index in [1.165, 1.54) is 5.57 Å². The summed E-state index contributed by atoms with van der Waals surface area (Å²) in [5, 5.41) is 9.93. The van der Waals surface area contributed by atoms with Crippen LogP contribution in [-0.4, -0.2) is 29.1 Å². The van der Waals surface area contributed by atoms with Crippen molar-refractivity contribution in [3.63, 3.8) is 0 Å². The SMILES string of the molecule is CC.CC.CCC1C2C(OC(C)O)CC3=CC(=O)CCC3(C)C2CCC1(C)C(C)=O. The highest BCUT2D eigenvalue weighted by Gasteiger charge is 2.59. The summed E-state index contributed by atoms with van der Waals surface area (Å²) in [6, 6.07) is 0. The molecule has 0 aromatic rings. The Hall–Kier alpha value is -1.00. The second-order valence-corrected chi connectivity index (χ2v) is 9.24. The van der Waals surface area contributed by atoms with Crippen molar-refractivity contribution in [2.75, 3.05) is 0 Å². The van der Waals surface area contributed by atoms with Gasteiger partial charge in [-0.3, -0.25) is 9.59 Å². The van der Waals surface area contributed by atoms with E-state index in [-0.39, 0.29) is 40.3 Å². The number of hydrogen-bond acceptors (Lipinski definition) is 4. The van der Waals surface area contributed by atoms with Crippen molar-refractivity contribution < 1.29 is 19.4 Å². The largest absolute Gasteiger partial charge is 0.368 e. The van der Waals surface area contributed by atoms with E-state index in [4.69, 9.17) is 4.74 Å². The van der Waals surface area contributed by atoms with Crippen molar-refractivity contribution in [2.45, 2.75) is 113 Å². The molecule has 3 aliphatic rings. The summed E-state index contributed by atoms with van der Waals surface area (Å²) in [5.41, 5.74) is 0.892. The molecule has 0 bridgehead atoms. The first-order valence-corrected chi connectivity index (χ1v) is 12.2. The van der Waals surface area contributed by atoms with Crippen molar-refractivity contribution in [3.8, 4) is 0 Å². The molecule has 2 saturated carbocycles. The van der Waals surface area contributed by atoms with Crippen LogP contribution in [-0.2, 0) is 14.3 Å². The molecule has 7 atom stereocenters. The molecule has 0 aromatic heterocycles. The number of carbonyl (C=O) groups excluding carboxylic acids is 2. The maximum atomic E-state index is 12.6. The van der Waals surface area contributed by atoms with Crippen molar-refractivity contribution in [3.05, 3.63) is 11.6 Å². The highest BCUT2D eigenvalue weighted by Crippen LogP contribution is 2.62. The van der Waals surface area contributed by atoms with Crippen LogP contribution in [0.25, 0.3) is 0 Å². The van der Waals surface area contributed by atoms with E-state index < -0.39 is 6.29 Å². The fourth-order valence-corrected chi connectivity index (χ4v) is 6.39. The average molecular weight is 423 g/mol. The average Bonchev–Trinajstić information content (AvgIpc) is 2.72. The van der Waals surface area contributed by atoms with Gasteiger partial charge in [0, 0.05) is 11.8 Å². The Morgan fingerprint density at radius 1 is 1.23 bits per heavy atom. The molecule has 0 aliphatic heterocycles. The third-order valence-corrected chi connectivity index (χ3v) is 7.97. The summed E-state index contributed by atoms with van der Waals surface area (Å²) in [5.74, 6) is 1.37. The van der Waals surface area contributed by atoms with E-state index >= 15 is 0 Å². The Bertz CT molecular complexity index is 623. The monoisotopic (exact) mass is 422 g/mol. The van der Waals surface area contributed by atoms with Crippen LogP contribution in [0.2, 0.25) is 0 Å². The molecule has 3 rings (SSSR count). The molecule has 30 heavy (non-hydrogen) atoms. The van der Waals surface area contributed by atoms with Gasteiger partial charge in [-0.2, -0.15) is 0 Å². The Labute approximate surface area is 184 Å². The number of carbonyl (C=O) groups is 2. The third-order valence-electron chi connectivity index (χ3n) is 7.97. The van der Waals surface area contributed by atoms with E-state index in [1.807, 2.05) is 33.8 Å². The van der Waals surface area contributed by atoms with Crippen molar-refractivity contribution in [1.82, 2.24) is 0 Å². The van der Waals surface area contributed by atoms with Gasteiger partial charge in [0.25, 0.3) is 0 Å². The van der Waals surface area contributed by atoms with Gasteiger partial charge in [0.05, 0.1) is 6.10 Å². The second-order valence-electron chi connectivity index (χ2n) is 9.24. The summed E-state index contributed by atoms with van der Waals surface area (Å²) < 4.78 is 5.99. The van der Waals surface area contributed by atoms with Crippen LogP contribution < -0.4 is 0 Å². The van der Waals surface area contributed by atoms with Crippen LogP contribution in [0.4, 0.5) is 0 Å². The molecule has 4 heteroatoms. The molecule has 3 aliphatic carbocycles. The van der Waals surface area contributed by atoms with E-state index in [0.717, 1.165) is 25.7 Å². The first kappa shape index (κ1) is 27.0. The molecule has 0 aromatic carbocycles. The van der Waals surface area contributed by atoms with Gasteiger partial charge in [-0.05, 0) is 68.8 Å². The predicted octanol–water partition coefficient (Wildman–Crippen LogP) is 6.11. The smallest absolute Gasteiger partial charge is 0.155 e. The number of aliphatic hydroxyl groups is 1. The number of fused-ring (bicyclic) bond motifs is 3. The van der Waals surface area contributed by atoms with Gasteiger partial charge in [-0.1, -0.05) is 60.5 Å². The number of rotatable bonds is 4. The highest BCUT2D eigenvalue weighted by molar-refractivity contribution is 5.91. The van der Waals surface area contributed by atoms with Gasteiger partial charge >= 0.3 is 0 Å². The molecule has 0 spiro atoms. The number of allylic oxidation sites excluding steroid dienone is 1. The maximum absolute atomic E-state index is 12.6. The van der Waals surface area contributed by atoms with Gasteiger partial charge in [0.1, 0.15) is 5.78 Å². The Balaban J connectivity index is 0.00000106. The first-order valence-electron chi connectivity index (χ1n) is 12.2. The van der Waals surface area contributed by atoms with Crippen LogP contribution >= 0.6 is 0 Å².